The van der Waals surface area contributed by atoms with E-state index in [4.69, 9.17) is 4.74 Å². The second-order valence-corrected chi connectivity index (χ2v) is 6.75. The Morgan fingerprint density at radius 2 is 1.74 bits per heavy atom. The Morgan fingerprint density at radius 1 is 1.13 bits per heavy atom. The summed E-state index contributed by atoms with van der Waals surface area (Å²) < 4.78 is 44.6. The summed E-state index contributed by atoms with van der Waals surface area (Å²) >= 11 is 0. The number of benzene rings is 1. The van der Waals surface area contributed by atoms with Crippen LogP contribution in [0.25, 0.3) is 0 Å². The molecule has 2 rings (SSSR count). The zero-order valence-electron chi connectivity index (χ0n) is 13.4. The number of ether oxygens (including phenoxy) is 1. The predicted molar refractivity (Wildman–Crippen MR) is 79.3 cm³/mol. The normalized spacial score (nSPS) is 20.8. The molecule has 7 heteroatoms. The Hall–Kier alpha value is -1.76. The van der Waals surface area contributed by atoms with Crippen LogP contribution in [0, 0.1) is 17.5 Å². The molecule has 0 aromatic heterocycles. The second-order valence-electron chi connectivity index (χ2n) is 6.75. The van der Waals surface area contributed by atoms with Gasteiger partial charge in [-0.25, -0.2) is 18.0 Å². The molecule has 1 aromatic rings. The molecule has 1 aromatic carbocycles. The number of halogens is 3. The number of carbonyl (C=O) groups excluding carboxylic acids is 1. The van der Waals surface area contributed by atoms with E-state index in [1.54, 1.807) is 20.8 Å². The van der Waals surface area contributed by atoms with Gasteiger partial charge in [0.25, 0.3) is 0 Å². The van der Waals surface area contributed by atoms with Crippen LogP contribution in [0.15, 0.2) is 12.1 Å². The van der Waals surface area contributed by atoms with Gasteiger partial charge in [-0.1, -0.05) is 0 Å². The average molecular weight is 330 g/mol. The van der Waals surface area contributed by atoms with Crippen LogP contribution in [0.3, 0.4) is 0 Å². The maximum absolute atomic E-state index is 13.5. The van der Waals surface area contributed by atoms with E-state index in [0.29, 0.717) is 18.9 Å². The Balaban J connectivity index is 1.73. The quantitative estimate of drug-likeness (QED) is 0.833. The molecular formula is C16H21F3N2O2. The highest BCUT2D eigenvalue weighted by Crippen LogP contribution is 2.22. The van der Waals surface area contributed by atoms with E-state index in [1.165, 1.54) is 0 Å². The molecule has 0 saturated heterocycles. The summed E-state index contributed by atoms with van der Waals surface area (Å²) in [5.41, 5.74) is -0.470. The van der Waals surface area contributed by atoms with Crippen molar-refractivity contribution < 1.29 is 22.7 Å². The van der Waals surface area contributed by atoms with Crippen LogP contribution in [-0.2, 0) is 11.3 Å². The highest BCUT2D eigenvalue weighted by Gasteiger charge is 2.31. The van der Waals surface area contributed by atoms with Gasteiger partial charge >= 0.3 is 6.09 Å². The van der Waals surface area contributed by atoms with Crippen molar-refractivity contribution in [1.82, 2.24) is 10.6 Å². The smallest absolute Gasteiger partial charge is 0.407 e. The van der Waals surface area contributed by atoms with E-state index >= 15 is 0 Å². The number of carbonyl (C=O) groups is 1. The fraction of sp³-hybridized carbons (Fsp3) is 0.562. The first kappa shape index (κ1) is 17.6. The van der Waals surface area contributed by atoms with Crippen LogP contribution in [0.5, 0.6) is 0 Å². The van der Waals surface area contributed by atoms with E-state index in [2.05, 4.69) is 10.6 Å². The monoisotopic (exact) mass is 330 g/mol. The lowest BCUT2D eigenvalue weighted by atomic mass is 9.86. The fourth-order valence-electron chi connectivity index (χ4n) is 2.33. The van der Waals surface area contributed by atoms with Crippen molar-refractivity contribution in [3.05, 3.63) is 35.1 Å². The molecule has 2 N–H and O–H groups in total. The lowest BCUT2D eigenvalue weighted by molar-refractivity contribution is 0.0465. The first-order valence-corrected chi connectivity index (χ1v) is 7.50. The van der Waals surface area contributed by atoms with Crippen LogP contribution in [0.2, 0.25) is 0 Å². The van der Waals surface area contributed by atoms with Crippen molar-refractivity contribution >= 4 is 6.09 Å². The molecule has 0 atom stereocenters. The third-order valence-corrected chi connectivity index (χ3v) is 3.53. The van der Waals surface area contributed by atoms with Gasteiger partial charge in [0.05, 0.1) is 0 Å². The molecule has 0 heterocycles. The van der Waals surface area contributed by atoms with Gasteiger partial charge in [-0.2, -0.15) is 0 Å². The third kappa shape index (κ3) is 5.13. The zero-order valence-corrected chi connectivity index (χ0v) is 13.4. The minimum absolute atomic E-state index is 0.00264. The van der Waals surface area contributed by atoms with E-state index in [9.17, 15) is 18.0 Å². The van der Waals surface area contributed by atoms with Crippen LogP contribution in [0.1, 0.15) is 39.2 Å². The van der Waals surface area contributed by atoms with Gasteiger partial charge < -0.3 is 15.4 Å². The molecule has 0 bridgehead atoms. The average Bonchev–Trinajstić information content (AvgIpc) is 2.35. The lowest BCUT2D eigenvalue weighted by Gasteiger charge is -2.36. The summed E-state index contributed by atoms with van der Waals surface area (Å²) in [5, 5.41) is 5.80. The number of nitrogens with one attached hydrogen (secondary N) is 2. The summed E-state index contributed by atoms with van der Waals surface area (Å²) in [7, 11) is 0. The SMILES string of the molecule is CC(C)(C)OC(=O)NC1CC(NCc2cc(F)c(F)cc2F)C1. The highest BCUT2D eigenvalue weighted by atomic mass is 19.2. The first-order chi connectivity index (χ1) is 10.6. The lowest BCUT2D eigenvalue weighted by Crippen LogP contribution is -2.53. The molecule has 0 radical (unpaired) electrons. The Labute approximate surface area is 133 Å². The maximum atomic E-state index is 13.5. The number of alkyl carbamates (subject to hydrolysis) is 1. The number of hydrogen-bond donors (Lipinski definition) is 2. The molecular weight excluding hydrogens is 309 g/mol. The summed E-state index contributed by atoms with van der Waals surface area (Å²) in [5.74, 6) is -3.04. The van der Waals surface area contributed by atoms with Gasteiger partial charge in [-0.15, -0.1) is 0 Å². The number of amides is 1. The molecule has 1 amide bonds. The Bertz CT molecular complexity index is 581. The van der Waals surface area contributed by atoms with Gasteiger partial charge in [0.15, 0.2) is 11.6 Å². The fourth-order valence-corrected chi connectivity index (χ4v) is 2.33. The standard InChI is InChI=1S/C16H21F3N2O2/c1-16(2,3)23-15(22)21-11-5-10(6-11)20-8-9-4-13(18)14(19)7-12(9)17/h4,7,10-11,20H,5-6,8H2,1-3H3,(H,21,22). The van der Waals surface area contributed by atoms with Gasteiger partial charge in [0, 0.05) is 30.3 Å². The summed E-state index contributed by atoms with van der Waals surface area (Å²) in [4.78, 5) is 11.6. The van der Waals surface area contributed by atoms with Gasteiger partial charge in [0.2, 0.25) is 0 Å². The van der Waals surface area contributed by atoms with Crippen LogP contribution in [0.4, 0.5) is 18.0 Å². The van der Waals surface area contributed by atoms with E-state index < -0.39 is 29.1 Å². The molecule has 0 aliphatic heterocycles. The van der Waals surface area contributed by atoms with Crippen LogP contribution < -0.4 is 10.6 Å². The van der Waals surface area contributed by atoms with E-state index in [-0.39, 0.29) is 24.2 Å². The van der Waals surface area contributed by atoms with Crippen molar-refractivity contribution in [2.24, 2.45) is 0 Å². The molecule has 1 saturated carbocycles. The summed E-state index contributed by atoms with van der Waals surface area (Å²) in [6, 6.07) is 1.48. The minimum Gasteiger partial charge on any atom is -0.444 e. The maximum Gasteiger partial charge on any atom is 0.407 e. The largest absolute Gasteiger partial charge is 0.444 e. The molecule has 4 nitrogen and oxygen atoms in total. The molecule has 1 aliphatic carbocycles. The van der Waals surface area contributed by atoms with Crippen molar-refractivity contribution in [1.29, 1.82) is 0 Å². The molecule has 1 fully saturated rings. The van der Waals surface area contributed by atoms with Gasteiger partial charge in [0.1, 0.15) is 11.4 Å². The number of hydrogen-bond acceptors (Lipinski definition) is 3. The van der Waals surface area contributed by atoms with E-state index in [0.717, 1.165) is 6.07 Å². The minimum atomic E-state index is -1.20. The molecule has 1 aliphatic rings. The van der Waals surface area contributed by atoms with Crippen LogP contribution >= 0.6 is 0 Å². The Morgan fingerprint density at radius 3 is 2.35 bits per heavy atom. The molecule has 128 valence electrons. The van der Waals surface area contributed by atoms with Crippen molar-refractivity contribution in [3.8, 4) is 0 Å². The first-order valence-electron chi connectivity index (χ1n) is 7.50. The third-order valence-electron chi connectivity index (χ3n) is 3.53. The van der Waals surface area contributed by atoms with Crippen molar-refractivity contribution in [2.45, 2.75) is 57.8 Å². The van der Waals surface area contributed by atoms with Gasteiger partial charge in [-0.05, 0) is 39.7 Å². The van der Waals surface area contributed by atoms with E-state index in [1.807, 2.05) is 0 Å². The predicted octanol–water partition coefficient (Wildman–Crippen LogP) is 3.25. The number of rotatable bonds is 4. The molecule has 0 unspecified atom stereocenters. The topological polar surface area (TPSA) is 50.4 Å². The Kier molecular flexibility index (Phi) is 5.19. The summed E-state index contributed by atoms with van der Waals surface area (Å²) in [6.07, 6.45) is 0.877. The zero-order chi connectivity index (χ0) is 17.2. The van der Waals surface area contributed by atoms with Gasteiger partial charge in [-0.3, -0.25) is 0 Å². The highest BCUT2D eigenvalue weighted by molar-refractivity contribution is 5.68. The molecule has 23 heavy (non-hydrogen) atoms. The molecule has 0 spiro atoms. The van der Waals surface area contributed by atoms with Crippen LogP contribution in [-0.4, -0.2) is 23.8 Å². The second kappa shape index (κ2) is 6.78. The van der Waals surface area contributed by atoms with Crippen molar-refractivity contribution in [3.63, 3.8) is 0 Å². The summed E-state index contributed by atoms with van der Waals surface area (Å²) in [6.45, 7) is 5.46. The van der Waals surface area contributed by atoms with Crippen molar-refractivity contribution in [2.75, 3.05) is 0 Å².